The van der Waals surface area contributed by atoms with E-state index in [0.29, 0.717) is 5.76 Å². The minimum absolute atomic E-state index is 0.0803. The van der Waals surface area contributed by atoms with Crippen molar-refractivity contribution >= 4 is 17.9 Å². The topological polar surface area (TPSA) is 71.3 Å². The smallest absolute Gasteiger partial charge is 0.244 e. The van der Waals surface area contributed by atoms with E-state index >= 15 is 0 Å². The van der Waals surface area contributed by atoms with Crippen molar-refractivity contribution < 1.29 is 14.0 Å². The molecule has 1 aromatic carbocycles. The van der Waals surface area contributed by atoms with Gasteiger partial charge in [0.05, 0.1) is 18.8 Å². The van der Waals surface area contributed by atoms with Crippen molar-refractivity contribution in [3.05, 3.63) is 66.1 Å². The Labute approximate surface area is 129 Å². The molecule has 2 amide bonds. The summed E-state index contributed by atoms with van der Waals surface area (Å²) in [5, 5.41) is 5.27. The second kappa shape index (κ2) is 7.83. The predicted molar refractivity (Wildman–Crippen MR) is 83.8 cm³/mol. The zero-order valence-electron chi connectivity index (χ0n) is 12.3. The third-order valence-corrected chi connectivity index (χ3v) is 3.00. The molecule has 0 saturated heterocycles. The lowest BCUT2D eigenvalue weighted by molar-refractivity contribution is -0.124. The Bertz CT molecular complexity index is 633. The summed E-state index contributed by atoms with van der Waals surface area (Å²) in [5.74, 6) is 0.0821. The minimum Gasteiger partial charge on any atom is -0.467 e. The number of nitrogens with one attached hydrogen (secondary N) is 2. The number of rotatable bonds is 6. The monoisotopic (exact) mass is 298 g/mol. The lowest BCUT2D eigenvalue weighted by Crippen LogP contribution is -2.37. The Morgan fingerprint density at radius 1 is 1.18 bits per heavy atom. The predicted octanol–water partition coefficient (Wildman–Crippen LogP) is 2.29. The van der Waals surface area contributed by atoms with E-state index in [0.717, 1.165) is 5.56 Å². The van der Waals surface area contributed by atoms with Crippen molar-refractivity contribution in [2.75, 3.05) is 6.54 Å². The molecule has 5 nitrogen and oxygen atoms in total. The van der Waals surface area contributed by atoms with Crippen LogP contribution in [-0.2, 0) is 9.59 Å². The number of furan rings is 1. The number of hydrogen-bond acceptors (Lipinski definition) is 3. The maximum absolute atomic E-state index is 11.7. The van der Waals surface area contributed by atoms with Crippen LogP contribution in [0.2, 0.25) is 0 Å². The Hall–Kier alpha value is -2.82. The first-order chi connectivity index (χ1) is 10.6. The van der Waals surface area contributed by atoms with E-state index in [1.165, 1.54) is 6.08 Å². The number of carbonyl (C=O) groups excluding carboxylic acids is 2. The molecule has 0 spiro atoms. The number of benzene rings is 1. The van der Waals surface area contributed by atoms with Gasteiger partial charge in [0.15, 0.2) is 0 Å². The van der Waals surface area contributed by atoms with Gasteiger partial charge < -0.3 is 15.1 Å². The van der Waals surface area contributed by atoms with Crippen LogP contribution in [0.3, 0.4) is 0 Å². The van der Waals surface area contributed by atoms with Crippen LogP contribution in [0.5, 0.6) is 0 Å². The molecule has 0 aliphatic rings. The summed E-state index contributed by atoms with van der Waals surface area (Å²) in [6.45, 7) is 1.73. The van der Waals surface area contributed by atoms with Crippen molar-refractivity contribution in [2.24, 2.45) is 0 Å². The third kappa shape index (κ3) is 4.94. The normalized spacial score (nSPS) is 12.0. The molecule has 0 bridgehead atoms. The van der Waals surface area contributed by atoms with E-state index in [1.54, 1.807) is 24.5 Å². The highest BCUT2D eigenvalue weighted by Crippen LogP contribution is 2.11. The molecule has 114 valence electrons. The van der Waals surface area contributed by atoms with Crippen LogP contribution in [-0.4, -0.2) is 18.4 Å². The van der Waals surface area contributed by atoms with Gasteiger partial charge in [-0.05, 0) is 30.7 Å². The van der Waals surface area contributed by atoms with E-state index in [2.05, 4.69) is 10.6 Å². The standard InChI is InChI=1S/C17H18N2O3/c1-13(15-8-5-11-22-15)19-17(21)12-18-16(20)10-9-14-6-3-2-4-7-14/h2-11,13H,12H2,1H3,(H,18,20)(H,19,21)/b10-9+/t13-/m0/s1. The highest BCUT2D eigenvalue weighted by atomic mass is 16.3. The van der Waals surface area contributed by atoms with Gasteiger partial charge in [0.25, 0.3) is 0 Å². The average molecular weight is 298 g/mol. The fourth-order valence-corrected chi connectivity index (χ4v) is 1.86. The first kappa shape index (κ1) is 15.6. The van der Waals surface area contributed by atoms with E-state index in [-0.39, 0.29) is 24.4 Å². The summed E-state index contributed by atoms with van der Waals surface area (Å²) in [6.07, 6.45) is 4.64. The number of hydrogen-bond donors (Lipinski definition) is 2. The fourth-order valence-electron chi connectivity index (χ4n) is 1.86. The molecule has 0 unspecified atom stereocenters. The number of carbonyl (C=O) groups is 2. The lowest BCUT2D eigenvalue weighted by atomic mass is 10.2. The largest absolute Gasteiger partial charge is 0.467 e. The van der Waals surface area contributed by atoms with Gasteiger partial charge in [-0.15, -0.1) is 0 Å². The summed E-state index contributed by atoms with van der Waals surface area (Å²) in [5.41, 5.74) is 0.925. The summed E-state index contributed by atoms with van der Waals surface area (Å²) in [4.78, 5) is 23.4. The van der Waals surface area contributed by atoms with Crippen LogP contribution in [0, 0.1) is 0 Å². The van der Waals surface area contributed by atoms with Gasteiger partial charge >= 0.3 is 0 Å². The molecule has 2 rings (SSSR count). The van der Waals surface area contributed by atoms with Crippen molar-refractivity contribution in [1.29, 1.82) is 0 Å². The van der Waals surface area contributed by atoms with Crippen LogP contribution in [0.25, 0.3) is 6.08 Å². The molecular formula is C17H18N2O3. The maximum atomic E-state index is 11.7. The van der Waals surface area contributed by atoms with Crippen molar-refractivity contribution in [1.82, 2.24) is 10.6 Å². The van der Waals surface area contributed by atoms with E-state index in [1.807, 2.05) is 37.3 Å². The zero-order chi connectivity index (χ0) is 15.8. The third-order valence-electron chi connectivity index (χ3n) is 3.00. The van der Waals surface area contributed by atoms with Crippen LogP contribution in [0.1, 0.15) is 24.3 Å². The molecule has 22 heavy (non-hydrogen) atoms. The molecular weight excluding hydrogens is 280 g/mol. The maximum Gasteiger partial charge on any atom is 0.244 e. The molecule has 1 heterocycles. The number of amides is 2. The molecule has 0 saturated carbocycles. The molecule has 5 heteroatoms. The van der Waals surface area contributed by atoms with Gasteiger partial charge in [-0.1, -0.05) is 30.3 Å². The highest BCUT2D eigenvalue weighted by Gasteiger charge is 2.11. The van der Waals surface area contributed by atoms with Crippen molar-refractivity contribution in [3.63, 3.8) is 0 Å². The van der Waals surface area contributed by atoms with E-state index in [4.69, 9.17) is 4.42 Å². The van der Waals surface area contributed by atoms with Crippen LogP contribution >= 0.6 is 0 Å². The first-order valence-corrected chi connectivity index (χ1v) is 6.99. The van der Waals surface area contributed by atoms with E-state index < -0.39 is 0 Å². The zero-order valence-corrected chi connectivity index (χ0v) is 12.3. The molecule has 1 aromatic heterocycles. The summed E-state index contributed by atoms with van der Waals surface area (Å²) < 4.78 is 5.20. The molecule has 2 N–H and O–H groups in total. The lowest BCUT2D eigenvalue weighted by Gasteiger charge is -2.11. The quantitative estimate of drug-likeness (QED) is 0.804. The second-order valence-corrected chi connectivity index (χ2v) is 4.77. The van der Waals surface area contributed by atoms with Gasteiger partial charge in [-0.2, -0.15) is 0 Å². The van der Waals surface area contributed by atoms with Gasteiger partial charge in [-0.25, -0.2) is 0 Å². The van der Waals surface area contributed by atoms with E-state index in [9.17, 15) is 9.59 Å². The fraction of sp³-hybridized carbons (Fsp3) is 0.176. The average Bonchev–Trinajstić information content (AvgIpc) is 3.06. The SMILES string of the molecule is C[C@H](NC(=O)CNC(=O)/C=C/c1ccccc1)c1ccco1. The summed E-state index contributed by atoms with van der Waals surface area (Å²) in [7, 11) is 0. The Morgan fingerprint density at radius 3 is 2.64 bits per heavy atom. The summed E-state index contributed by atoms with van der Waals surface area (Å²) in [6, 6.07) is 12.8. The van der Waals surface area contributed by atoms with Crippen LogP contribution in [0.15, 0.2) is 59.2 Å². The van der Waals surface area contributed by atoms with Crippen LogP contribution < -0.4 is 10.6 Å². The van der Waals surface area contributed by atoms with Crippen molar-refractivity contribution in [2.45, 2.75) is 13.0 Å². The Morgan fingerprint density at radius 2 is 1.95 bits per heavy atom. The minimum atomic E-state index is -0.315. The molecule has 1 atom stereocenters. The summed E-state index contributed by atoms with van der Waals surface area (Å²) >= 11 is 0. The Balaban J connectivity index is 1.74. The van der Waals surface area contributed by atoms with Crippen molar-refractivity contribution in [3.8, 4) is 0 Å². The highest BCUT2D eigenvalue weighted by molar-refractivity contribution is 5.94. The Kier molecular flexibility index (Phi) is 5.54. The molecule has 0 radical (unpaired) electrons. The van der Waals surface area contributed by atoms with Gasteiger partial charge in [0.2, 0.25) is 11.8 Å². The second-order valence-electron chi connectivity index (χ2n) is 4.77. The van der Waals surface area contributed by atoms with Gasteiger partial charge in [0.1, 0.15) is 5.76 Å². The van der Waals surface area contributed by atoms with Gasteiger partial charge in [0, 0.05) is 6.08 Å². The van der Waals surface area contributed by atoms with Crippen LogP contribution in [0.4, 0.5) is 0 Å². The molecule has 0 aliphatic heterocycles. The molecule has 0 aliphatic carbocycles. The van der Waals surface area contributed by atoms with Gasteiger partial charge in [-0.3, -0.25) is 9.59 Å². The first-order valence-electron chi connectivity index (χ1n) is 6.99. The molecule has 2 aromatic rings. The molecule has 0 fully saturated rings.